The molecule has 0 spiro atoms. The van der Waals surface area contributed by atoms with Crippen LogP contribution in [0.5, 0.6) is 0 Å². The topological polar surface area (TPSA) is 72.2 Å². The monoisotopic (exact) mass is 374 g/mol. The van der Waals surface area contributed by atoms with Gasteiger partial charge < -0.3 is 5.73 Å². The van der Waals surface area contributed by atoms with E-state index >= 15 is 0 Å². The molecule has 0 atom stereocenters. The van der Waals surface area contributed by atoms with Gasteiger partial charge in [-0.2, -0.15) is 0 Å². The van der Waals surface area contributed by atoms with Gasteiger partial charge in [-0.05, 0) is 64.8 Å². The van der Waals surface area contributed by atoms with Crippen LogP contribution in [-0.2, 0) is 10.0 Å². The predicted octanol–water partition coefficient (Wildman–Crippen LogP) is 3.79. The van der Waals surface area contributed by atoms with Crippen molar-refractivity contribution in [3.8, 4) is 0 Å². The number of anilines is 2. The third kappa shape index (κ3) is 3.45. The summed E-state index contributed by atoms with van der Waals surface area (Å²) >= 11 is 9.09. The fraction of sp³-hybridized carbons (Fsp3) is 0.0769. The molecule has 0 aromatic heterocycles. The molecule has 0 aliphatic rings. The number of nitrogens with two attached hydrogens (primary N) is 1. The van der Waals surface area contributed by atoms with Crippen LogP contribution in [0.2, 0.25) is 5.02 Å². The molecule has 7 heteroatoms. The van der Waals surface area contributed by atoms with Gasteiger partial charge in [0.2, 0.25) is 0 Å². The van der Waals surface area contributed by atoms with Crippen molar-refractivity contribution in [2.75, 3.05) is 10.5 Å². The van der Waals surface area contributed by atoms with E-state index in [2.05, 4.69) is 20.7 Å². The molecule has 0 radical (unpaired) electrons. The average Bonchev–Trinajstić information content (AvgIpc) is 2.31. The summed E-state index contributed by atoms with van der Waals surface area (Å²) in [4.78, 5) is 0.122. The number of rotatable bonds is 3. The second-order valence-corrected chi connectivity index (χ2v) is 7.28. The van der Waals surface area contributed by atoms with Crippen molar-refractivity contribution < 1.29 is 8.42 Å². The number of halogens is 2. The molecule has 0 aliphatic heterocycles. The summed E-state index contributed by atoms with van der Waals surface area (Å²) in [5.74, 6) is 0. The predicted molar refractivity (Wildman–Crippen MR) is 85.6 cm³/mol. The van der Waals surface area contributed by atoms with Crippen LogP contribution in [0.1, 0.15) is 5.56 Å². The number of nitrogens with one attached hydrogen (secondary N) is 1. The first-order chi connectivity index (χ1) is 9.28. The van der Waals surface area contributed by atoms with Crippen molar-refractivity contribution in [2.45, 2.75) is 11.8 Å². The van der Waals surface area contributed by atoms with E-state index in [0.29, 0.717) is 20.9 Å². The maximum Gasteiger partial charge on any atom is 0.262 e. The zero-order valence-electron chi connectivity index (χ0n) is 10.5. The maximum absolute atomic E-state index is 12.3. The number of benzene rings is 2. The van der Waals surface area contributed by atoms with E-state index in [0.717, 1.165) is 5.56 Å². The molecule has 0 aliphatic carbocycles. The van der Waals surface area contributed by atoms with Gasteiger partial charge in [-0.1, -0.05) is 11.6 Å². The molecular formula is C13H12BrClN2O2S. The molecule has 3 N–H and O–H groups in total. The summed E-state index contributed by atoms with van der Waals surface area (Å²) in [6, 6.07) is 9.49. The molecule has 4 nitrogen and oxygen atoms in total. The Labute approximate surface area is 131 Å². The first kappa shape index (κ1) is 15.2. The van der Waals surface area contributed by atoms with E-state index in [9.17, 15) is 8.42 Å². The Kier molecular flexibility index (Phi) is 4.27. The van der Waals surface area contributed by atoms with Gasteiger partial charge in [0.1, 0.15) is 0 Å². The summed E-state index contributed by atoms with van der Waals surface area (Å²) < 4.78 is 27.7. The average molecular weight is 376 g/mol. The lowest BCUT2D eigenvalue weighted by Gasteiger charge is -2.11. The zero-order chi connectivity index (χ0) is 14.9. The lowest BCUT2D eigenvalue weighted by Crippen LogP contribution is -2.13. The quantitative estimate of drug-likeness (QED) is 0.802. The third-order valence-corrected chi connectivity index (χ3v) is 4.80. The minimum Gasteiger partial charge on any atom is -0.399 e. The van der Waals surface area contributed by atoms with Gasteiger partial charge in [0.15, 0.2) is 0 Å². The van der Waals surface area contributed by atoms with E-state index in [1.165, 1.54) is 6.07 Å². The van der Waals surface area contributed by atoms with E-state index in [-0.39, 0.29) is 4.90 Å². The highest BCUT2D eigenvalue weighted by Gasteiger charge is 2.16. The van der Waals surface area contributed by atoms with Crippen LogP contribution < -0.4 is 10.5 Å². The number of nitrogen functional groups attached to an aromatic ring is 1. The Balaban J connectivity index is 2.40. The fourth-order valence-electron chi connectivity index (χ4n) is 1.71. The molecule has 0 amide bonds. The largest absolute Gasteiger partial charge is 0.399 e. The van der Waals surface area contributed by atoms with Crippen LogP contribution in [-0.4, -0.2) is 8.42 Å². The van der Waals surface area contributed by atoms with Crippen molar-refractivity contribution >= 4 is 48.9 Å². The number of hydrogen-bond acceptors (Lipinski definition) is 3. The first-order valence-corrected chi connectivity index (χ1v) is 8.28. The molecule has 20 heavy (non-hydrogen) atoms. The third-order valence-electron chi connectivity index (χ3n) is 2.56. The van der Waals surface area contributed by atoms with Gasteiger partial charge >= 0.3 is 0 Å². The highest BCUT2D eigenvalue weighted by atomic mass is 79.9. The summed E-state index contributed by atoms with van der Waals surface area (Å²) in [6.07, 6.45) is 0. The molecular weight excluding hydrogens is 364 g/mol. The molecule has 0 saturated heterocycles. The summed E-state index contributed by atoms with van der Waals surface area (Å²) in [5.41, 5.74) is 7.27. The lowest BCUT2D eigenvalue weighted by molar-refractivity contribution is 0.601. The van der Waals surface area contributed by atoms with Crippen molar-refractivity contribution in [1.29, 1.82) is 0 Å². The molecule has 0 bridgehead atoms. The molecule has 2 aromatic carbocycles. The maximum atomic E-state index is 12.3. The van der Waals surface area contributed by atoms with Gasteiger partial charge in [0, 0.05) is 15.2 Å². The summed E-state index contributed by atoms with van der Waals surface area (Å²) in [5, 5.41) is 0.514. The zero-order valence-corrected chi connectivity index (χ0v) is 13.7. The van der Waals surface area contributed by atoms with E-state index in [4.69, 9.17) is 17.3 Å². The summed E-state index contributed by atoms with van der Waals surface area (Å²) in [6.45, 7) is 1.79. The number of sulfonamides is 1. The van der Waals surface area contributed by atoms with Crippen molar-refractivity contribution in [3.63, 3.8) is 0 Å². The fourth-order valence-corrected chi connectivity index (χ4v) is 3.84. The van der Waals surface area contributed by atoms with E-state index < -0.39 is 10.0 Å². The second-order valence-electron chi connectivity index (χ2n) is 4.31. The van der Waals surface area contributed by atoms with Gasteiger partial charge in [-0.3, -0.25) is 4.72 Å². The standard InChI is InChI=1S/C13H12BrClN2O2S/c1-8-4-10(16)7-11(5-8)20(18,19)17-13-3-2-9(15)6-12(13)14/h2-7,17H,16H2,1H3. The van der Waals surface area contributed by atoms with Crippen molar-refractivity contribution in [3.05, 3.63) is 51.5 Å². The molecule has 106 valence electrons. The van der Waals surface area contributed by atoms with Crippen LogP contribution in [0.25, 0.3) is 0 Å². The van der Waals surface area contributed by atoms with E-state index in [1.807, 2.05) is 0 Å². The van der Waals surface area contributed by atoms with Crippen LogP contribution in [0.15, 0.2) is 45.8 Å². The highest BCUT2D eigenvalue weighted by molar-refractivity contribution is 9.10. The Bertz CT molecular complexity index is 743. The normalized spacial score (nSPS) is 11.3. The van der Waals surface area contributed by atoms with Crippen LogP contribution in [0.3, 0.4) is 0 Å². The molecule has 0 heterocycles. The number of aryl methyl sites for hydroxylation is 1. The van der Waals surface area contributed by atoms with E-state index in [1.54, 1.807) is 37.3 Å². The Hall–Kier alpha value is -1.24. The SMILES string of the molecule is Cc1cc(N)cc(S(=O)(=O)Nc2ccc(Cl)cc2Br)c1. The molecule has 0 saturated carbocycles. The Morgan fingerprint density at radius 1 is 1.20 bits per heavy atom. The molecule has 0 fully saturated rings. The highest BCUT2D eigenvalue weighted by Crippen LogP contribution is 2.28. The molecule has 0 unspecified atom stereocenters. The van der Waals surface area contributed by atoms with Gasteiger partial charge in [-0.15, -0.1) is 0 Å². The van der Waals surface area contributed by atoms with Crippen molar-refractivity contribution in [2.24, 2.45) is 0 Å². The van der Waals surface area contributed by atoms with Crippen LogP contribution in [0.4, 0.5) is 11.4 Å². The van der Waals surface area contributed by atoms with Crippen LogP contribution in [0, 0.1) is 6.92 Å². The van der Waals surface area contributed by atoms with Crippen LogP contribution >= 0.6 is 27.5 Å². The lowest BCUT2D eigenvalue weighted by atomic mass is 10.2. The molecule has 2 aromatic rings. The minimum atomic E-state index is -3.70. The van der Waals surface area contributed by atoms with Gasteiger partial charge in [0.25, 0.3) is 10.0 Å². The number of hydrogen-bond donors (Lipinski definition) is 2. The van der Waals surface area contributed by atoms with Crippen molar-refractivity contribution in [1.82, 2.24) is 0 Å². The second kappa shape index (κ2) is 5.63. The Morgan fingerprint density at radius 2 is 1.90 bits per heavy atom. The molecule has 2 rings (SSSR count). The Morgan fingerprint density at radius 3 is 2.50 bits per heavy atom. The first-order valence-electron chi connectivity index (χ1n) is 5.63. The van der Waals surface area contributed by atoms with Gasteiger partial charge in [0.05, 0.1) is 10.6 Å². The minimum absolute atomic E-state index is 0.122. The smallest absolute Gasteiger partial charge is 0.262 e. The summed E-state index contributed by atoms with van der Waals surface area (Å²) in [7, 11) is -3.70. The van der Waals surface area contributed by atoms with Gasteiger partial charge in [-0.25, -0.2) is 8.42 Å².